The number of benzene rings is 2. The summed E-state index contributed by atoms with van der Waals surface area (Å²) in [4.78, 5) is 26.5. The molecule has 1 N–H and O–H groups in total. The fourth-order valence-corrected chi connectivity index (χ4v) is 3.36. The van der Waals surface area contributed by atoms with Crippen molar-refractivity contribution in [2.75, 3.05) is 24.8 Å². The van der Waals surface area contributed by atoms with E-state index in [1.165, 1.54) is 0 Å². The topological polar surface area (TPSA) is 67.9 Å². The summed E-state index contributed by atoms with van der Waals surface area (Å²) in [6, 6.07) is 11.1. The van der Waals surface area contributed by atoms with E-state index in [1.54, 1.807) is 30.0 Å². The Morgan fingerprint density at radius 2 is 1.89 bits per heavy atom. The number of nitrogens with one attached hydrogen (secondary N) is 1. The summed E-state index contributed by atoms with van der Waals surface area (Å²) in [5.74, 6) is 1.24. The molecule has 1 aliphatic heterocycles. The van der Waals surface area contributed by atoms with Crippen molar-refractivity contribution in [3.63, 3.8) is 0 Å². The molecule has 1 aliphatic rings. The Morgan fingerprint density at radius 3 is 2.61 bits per heavy atom. The number of carbonyl (C=O) groups excluding carboxylic acids is 2. The van der Waals surface area contributed by atoms with Crippen LogP contribution < -0.4 is 19.7 Å². The van der Waals surface area contributed by atoms with Crippen LogP contribution in [-0.4, -0.2) is 31.7 Å². The average molecular weight is 382 g/mol. The molecule has 0 unspecified atom stereocenters. The Bertz CT molecular complexity index is 892. The fraction of sp³-hybridized carbons (Fsp3) is 0.364. The molecule has 0 saturated carbocycles. The highest BCUT2D eigenvalue weighted by molar-refractivity contribution is 5.96. The number of hydrogen-bond acceptors (Lipinski definition) is 4. The van der Waals surface area contributed by atoms with Gasteiger partial charge < -0.3 is 19.7 Å². The van der Waals surface area contributed by atoms with Crippen molar-refractivity contribution in [2.24, 2.45) is 0 Å². The van der Waals surface area contributed by atoms with Gasteiger partial charge in [-0.1, -0.05) is 32.0 Å². The van der Waals surface area contributed by atoms with Gasteiger partial charge in [-0.2, -0.15) is 0 Å². The lowest BCUT2D eigenvalue weighted by atomic mass is 9.97. The summed E-state index contributed by atoms with van der Waals surface area (Å²) in [6.45, 7) is 8.69. The van der Waals surface area contributed by atoms with E-state index in [0.29, 0.717) is 36.1 Å². The minimum atomic E-state index is -0.212. The predicted octanol–water partition coefficient (Wildman–Crippen LogP) is 3.63. The minimum absolute atomic E-state index is 0.0477. The second-order valence-corrected chi connectivity index (χ2v) is 7.16. The molecule has 2 aromatic rings. The average Bonchev–Trinajstić information content (AvgIpc) is 3.12. The molecule has 0 atom stereocenters. The summed E-state index contributed by atoms with van der Waals surface area (Å²) in [5.41, 5.74) is 3.60. The van der Waals surface area contributed by atoms with E-state index >= 15 is 0 Å². The Morgan fingerprint density at radius 1 is 1.14 bits per heavy atom. The van der Waals surface area contributed by atoms with Crippen LogP contribution >= 0.6 is 0 Å². The normalized spacial score (nSPS) is 12.2. The Hall–Kier alpha value is -3.02. The zero-order chi connectivity index (χ0) is 20.3. The molecular formula is C22H26N2O4. The van der Waals surface area contributed by atoms with Crippen molar-refractivity contribution in [1.82, 2.24) is 5.32 Å². The number of hydrogen-bond donors (Lipinski definition) is 1. The van der Waals surface area contributed by atoms with Crippen LogP contribution in [0.3, 0.4) is 0 Å². The first-order valence-electron chi connectivity index (χ1n) is 9.44. The van der Waals surface area contributed by atoms with Crippen molar-refractivity contribution in [3.8, 4) is 11.5 Å². The molecular weight excluding hydrogens is 356 g/mol. The van der Waals surface area contributed by atoms with E-state index in [9.17, 15) is 9.59 Å². The molecule has 0 spiro atoms. The Kier molecular flexibility index (Phi) is 5.87. The zero-order valence-electron chi connectivity index (χ0n) is 16.7. The number of anilines is 1. The van der Waals surface area contributed by atoms with Crippen LogP contribution in [0.2, 0.25) is 0 Å². The van der Waals surface area contributed by atoms with Gasteiger partial charge in [-0.25, -0.2) is 0 Å². The van der Waals surface area contributed by atoms with E-state index in [2.05, 4.69) is 19.2 Å². The van der Waals surface area contributed by atoms with Crippen molar-refractivity contribution in [3.05, 3.63) is 53.1 Å². The molecule has 2 amide bonds. The van der Waals surface area contributed by atoms with Crippen molar-refractivity contribution < 1.29 is 19.1 Å². The monoisotopic (exact) mass is 382 g/mol. The van der Waals surface area contributed by atoms with E-state index in [1.807, 2.05) is 25.1 Å². The molecule has 2 aromatic carbocycles. The first kappa shape index (κ1) is 19.7. The fourth-order valence-electron chi connectivity index (χ4n) is 3.36. The lowest BCUT2D eigenvalue weighted by Crippen LogP contribution is -2.38. The highest BCUT2D eigenvalue weighted by Gasteiger charge is 2.20. The Labute approximate surface area is 165 Å². The van der Waals surface area contributed by atoms with E-state index < -0.39 is 0 Å². The quantitative estimate of drug-likeness (QED) is 0.828. The molecule has 28 heavy (non-hydrogen) atoms. The second kappa shape index (κ2) is 8.33. The molecule has 0 bridgehead atoms. The van der Waals surface area contributed by atoms with Crippen LogP contribution in [0.15, 0.2) is 36.4 Å². The lowest BCUT2D eigenvalue weighted by Gasteiger charge is -2.27. The third kappa shape index (κ3) is 4.11. The number of ether oxygens (including phenoxy) is 2. The zero-order valence-corrected chi connectivity index (χ0v) is 16.7. The van der Waals surface area contributed by atoms with Crippen LogP contribution in [0, 0.1) is 6.92 Å². The van der Waals surface area contributed by atoms with Gasteiger partial charge in [0.25, 0.3) is 5.91 Å². The van der Waals surface area contributed by atoms with Crippen LogP contribution in [0.4, 0.5) is 5.69 Å². The SMILES string of the molecule is CC(=O)N(CCNC(=O)c1ccc2c(c1)OCO2)c1c(C)cccc1C(C)C. The number of rotatable bonds is 6. The van der Waals surface area contributed by atoms with Crippen LogP contribution in [0.25, 0.3) is 0 Å². The lowest BCUT2D eigenvalue weighted by molar-refractivity contribution is -0.116. The minimum Gasteiger partial charge on any atom is -0.454 e. The van der Waals surface area contributed by atoms with E-state index in [4.69, 9.17) is 9.47 Å². The number of aryl methyl sites for hydroxylation is 1. The van der Waals surface area contributed by atoms with Crippen molar-refractivity contribution in [1.29, 1.82) is 0 Å². The first-order valence-corrected chi connectivity index (χ1v) is 9.44. The largest absolute Gasteiger partial charge is 0.454 e. The second-order valence-electron chi connectivity index (χ2n) is 7.16. The Balaban J connectivity index is 1.70. The highest BCUT2D eigenvalue weighted by Crippen LogP contribution is 2.33. The molecule has 1 heterocycles. The third-order valence-corrected chi connectivity index (χ3v) is 4.80. The first-order chi connectivity index (χ1) is 13.4. The summed E-state index contributed by atoms with van der Waals surface area (Å²) < 4.78 is 10.6. The molecule has 6 nitrogen and oxygen atoms in total. The van der Waals surface area contributed by atoms with E-state index in [-0.39, 0.29) is 18.6 Å². The van der Waals surface area contributed by atoms with Crippen molar-refractivity contribution >= 4 is 17.5 Å². The number of carbonyl (C=O) groups is 2. The smallest absolute Gasteiger partial charge is 0.251 e. The maximum atomic E-state index is 12.5. The summed E-state index contributed by atoms with van der Waals surface area (Å²) in [5, 5.41) is 2.88. The standard InChI is InChI=1S/C22H26N2O4/c1-14(2)18-7-5-6-15(3)21(18)24(16(4)25)11-10-23-22(26)17-8-9-19-20(12-17)28-13-27-19/h5-9,12,14H,10-11,13H2,1-4H3,(H,23,26). The number of nitrogens with zero attached hydrogens (tertiary/aromatic N) is 1. The van der Waals surface area contributed by atoms with Crippen LogP contribution in [0.5, 0.6) is 11.5 Å². The predicted molar refractivity (Wildman–Crippen MR) is 108 cm³/mol. The number of fused-ring (bicyclic) bond motifs is 1. The van der Waals surface area contributed by atoms with Gasteiger partial charge in [-0.15, -0.1) is 0 Å². The van der Waals surface area contributed by atoms with Gasteiger partial charge in [0, 0.05) is 25.6 Å². The molecule has 0 aliphatic carbocycles. The molecule has 148 valence electrons. The van der Waals surface area contributed by atoms with Crippen molar-refractivity contribution in [2.45, 2.75) is 33.6 Å². The van der Waals surface area contributed by atoms with Gasteiger partial charge in [-0.05, 0) is 42.2 Å². The van der Waals surface area contributed by atoms with Gasteiger partial charge in [0.15, 0.2) is 11.5 Å². The van der Waals surface area contributed by atoms with Gasteiger partial charge in [-0.3, -0.25) is 9.59 Å². The molecule has 0 radical (unpaired) electrons. The molecule has 0 fully saturated rings. The summed E-state index contributed by atoms with van der Waals surface area (Å²) in [7, 11) is 0. The van der Waals surface area contributed by atoms with E-state index in [0.717, 1.165) is 16.8 Å². The van der Waals surface area contributed by atoms with Crippen LogP contribution in [0.1, 0.15) is 48.2 Å². The van der Waals surface area contributed by atoms with Gasteiger partial charge in [0.2, 0.25) is 12.7 Å². The maximum absolute atomic E-state index is 12.5. The molecule has 3 rings (SSSR count). The number of para-hydroxylation sites is 1. The van der Waals surface area contributed by atoms with Gasteiger partial charge in [0.05, 0.1) is 5.69 Å². The number of amides is 2. The molecule has 6 heteroatoms. The van der Waals surface area contributed by atoms with Gasteiger partial charge >= 0.3 is 0 Å². The summed E-state index contributed by atoms with van der Waals surface area (Å²) in [6.07, 6.45) is 0. The molecule has 0 aromatic heterocycles. The summed E-state index contributed by atoms with van der Waals surface area (Å²) >= 11 is 0. The van der Waals surface area contributed by atoms with Gasteiger partial charge in [0.1, 0.15) is 0 Å². The molecule has 0 saturated heterocycles. The maximum Gasteiger partial charge on any atom is 0.251 e. The van der Waals surface area contributed by atoms with Crippen LogP contribution in [-0.2, 0) is 4.79 Å². The highest BCUT2D eigenvalue weighted by atomic mass is 16.7. The third-order valence-electron chi connectivity index (χ3n) is 4.80.